The van der Waals surface area contributed by atoms with Gasteiger partial charge in [-0.15, -0.1) is 0 Å². The molecule has 2 rings (SSSR count). The Kier molecular flexibility index (Phi) is 5.45. The van der Waals surface area contributed by atoms with Gasteiger partial charge < -0.3 is 10.1 Å². The fraction of sp³-hybridized carbons (Fsp3) is 1.00. The molecule has 2 fully saturated rings. The zero-order valence-corrected chi connectivity index (χ0v) is 13.5. The monoisotopic (exact) mass is 304 g/mol. The highest BCUT2D eigenvalue weighted by Crippen LogP contribution is 2.37. The Balaban J connectivity index is 1.96. The summed E-state index contributed by atoms with van der Waals surface area (Å²) in [5.41, 5.74) is 0.210. The highest BCUT2D eigenvalue weighted by molar-refractivity contribution is 7.88. The van der Waals surface area contributed by atoms with Gasteiger partial charge >= 0.3 is 0 Å². The van der Waals surface area contributed by atoms with Gasteiger partial charge in [0, 0.05) is 31.7 Å². The smallest absolute Gasteiger partial charge is 0.211 e. The molecule has 0 aromatic carbocycles. The lowest BCUT2D eigenvalue weighted by Gasteiger charge is -2.37. The van der Waals surface area contributed by atoms with Gasteiger partial charge in [0.2, 0.25) is 10.0 Å². The number of hydrogen-bond donors (Lipinski definition) is 1. The van der Waals surface area contributed by atoms with Crippen LogP contribution in [-0.2, 0) is 14.8 Å². The van der Waals surface area contributed by atoms with Gasteiger partial charge in [0.25, 0.3) is 0 Å². The average Bonchev–Trinajstić information content (AvgIpc) is 2.85. The first-order valence-electron chi connectivity index (χ1n) is 7.69. The summed E-state index contributed by atoms with van der Waals surface area (Å²) in [5, 5.41) is 3.45. The van der Waals surface area contributed by atoms with Crippen LogP contribution < -0.4 is 5.32 Å². The standard InChI is InChI=1S/C14H28N2O3S/c1-3-15-11-14(6-8-19-12-14)9-13-5-4-7-16(10-13)20(2,17)18/h13,15H,3-12H2,1-2H3. The third-order valence-electron chi connectivity index (χ3n) is 4.61. The molecule has 2 heterocycles. The molecule has 20 heavy (non-hydrogen) atoms. The molecule has 0 aromatic rings. The van der Waals surface area contributed by atoms with Gasteiger partial charge in [-0.05, 0) is 38.1 Å². The Morgan fingerprint density at radius 1 is 1.45 bits per heavy atom. The van der Waals surface area contributed by atoms with E-state index in [9.17, 15) is 8.42 Å². The van der Waals surface area contributed by atoms with E-state index >= 15 is 0 Å². The van der Waals surface area contributed by atoms with Gasteiger partial charge in [-0.3, -0.25) is 0 Å². The lowest BCUT2D eigenvalue weighted by molar-refractivity contribution is 0.116. The minimum Gasteiger partial charge on any atom is -0.381 e. The topological polar surface area (TPSA) is 58.6 Å². The quantitative estimate of drug-likeness (QED) is 0.797. The summed E-state index contributed by atoms with van der Waals surface area (Å²) in [7, 11) is -3.04. The van der Waals surface area contributed by atoms with Crippen LogP contribution in [0, 0.1) is 11.3 Å². The minimum absolute atomic E-state index is 0.210. The molecule has 5 nitrogen and oxygen atoms in total. The molecule has 0 radical (unpaired) electrons. The van der Waals surface area contributed by atoms with Crippen LogP contribution in [0.15, 0.2) is 0 Å². The second-order valence-electron chi connectivity index (χ2n) is 6.42. The van der Waals surface area contributed by atoms with Crippen molar-refractivity contribution in [2.75, 3.05) is 45.6 Å². The number of nitrogens with zero attached hydrogens (tertiary/aromatic N) is 1. The van der Waals surface area contributed by atoms with Gasteiger partial charge in [-0.1, -0.05) is 6.92 Å². The second-order valence-corrected chi connectivity index (χ2v) is 8.40. The van der Waals surface area contributed by atoms with Gasteiger partial charge in [0.1, 0.15) is 0 Å². The molecule has 0 saturated carbocycles. The predicted octanol–water partition coefficient (Wildman–Crippen LogP) is 1.06. The van der Waals surface area contributed by atoms with Crippen LogP contribution in [0.3, 0.4) is 0 Å². The van der Waals surface area contributed by atoms with Crippen LogP contribution in [0.4, 0.5) is 0 Å². The first kappa shape index (κ1) is 16.2. The maximum absolute atomic E-state index is 11.7. The highest BCUT2D eigenvalue weighted by atomic mass is 32.2. The summed E-state index contributed by atoms with van der Waals surface area (Å²) in [6, 6.07) is 0. The van der Waals surface area contributed by atoms with Crippen molar-refractivity contribution >= 4 is 10.0 Å². The number of sulfonamides is 1. The molecular weight excluding hydrogens is 276 g/mol. The lowest BCUT2D eigenvalue weighted by Crippen LogP contribution is -2.43. The van der Waals surface area contributed by atoms with Crippen LogP contribution >= 0.6 is 0 Å². The summed E-state index contributed by atoms with van der Waals surface area (Å²) in [4.78, 5) is 0. The normalized spacial score (nSPS) is 32.6. The molecule has 0 bridgehead atoms. The van der Waals surface area contributed by atoms with Crippen LogP contribution in [-0.4, -0.2) is 58.4 Å². The maximum atomic E-state index is 11.7. The van der Waals surface area contributed by atoms with Crippen LogP contribution in [0.5, 0.6) is 0 Å². The summed E-state index contributed by atoms with van der Waals surface area (Å²) < 4.78 is 30.7. The van der Waals surface area contributed by atoms with Gasteiger partial charge in [0.05, 0.1) is 12.9 Å². The Labute approximate surface area is 123 Å². The number of nitrogens with one attached hydrogen (secondary N) is 1. The Morgan fingerprint density at radius 2 is 2.25 bits per heavy atom. The van der Waals surface area contributed by atoms with Crippen molar-refractivity contribution in [3.63, 3.8) is 0 Å². The van der Waals surface area contributed by atoms with Crippen molar-refractivity contribution in [2.45, 2.75) is 32.6 Å². The molecule has 0 spiro atoms. The average molecular weight is 304 g/mol. The second kappa shape index (κ2) is 6.73. The van der Waals surface area contributed by atoms with Crippen molar-refractivity contribution in [3.05, 3.63) is 0 Å². The zero-order chi connectivity index (χ0) is 14.6. The van der Waals surface area contributed by atoms with Crippen molar-refractivity contribution < 1.29 is 13.2 Å². The van der Waals surface area contributed by atoms with Crippen molar-refractivity contribution in [1.82, 2.24) is 9.62 Å². The van der Waals surface area contributed by atoms with E-state index in [1.807, 2.05) is 0 Å². The third-order valence-corrected chi connectivity index (χ3v) is 5.88. The summed E-state index contributed by atoms with van der Waals surface area (Å²) >= 11 is 0. The molecule has 2 atom stereocenters. The molecule has 118 valence electrons. The van der Waals surface area contributed by atoms with E-state index in [0.717, 1.165) is 52.0 Å². The van der Waals surface area contributed by atoms with Gasteiger partial charge in [0.15, 0.2) is 0 Å². The lowest BCUT2D eigenvalue weighted by atomic mass is 9.76. The molecule has 0 aromatic heterocycles. The maximum Gasteiger partial charge on any atom is 0.211 e. The first-order valence-corrected chi connectivity index (χ1v) is 9.54. The SMILES string of the molecule is CCNCC1(CC2CCCN(S(C)(=O)=O)C2)CCOC1. The van der Waals surface area contributed by atoms with E-state index in [2.05, 4.69) is 12.2 Å². The molecule has 2 aliphatic heterocycles. The molecule has 2 aliphatic rings. The molecule has 0 amide bonds. The Morgan fingerprint density at radius 3 is 2.85 bits per heavy atom. The van der Waals surface area contributed by atoms with Crippen LogP contribution in [0.25, 0.3) is 0 Å². The summed E-state index contributed by atoms with van der Waals surface area (Å²) in [6.45, 7) is 7.11. The zero-order valence-electron chi connectivity index (χ0n) is 12.7. The molecule has 0 aliphatic carbocycles. The van der Waals surface area contributed by atoms with E-state index in [0.29, 0.717) is 19.0 Å². The first-order chi connectivity index (χ1) is 9.45. The number of ether oxygens (including phenoxy) is 1. The van der Waals surface area contributed by atoms with Crippen LogP contribution in [0.2, 0.25) is 0 Å². The van der Waals surface area contributed by atoms with E-state index in [1.165, 1.54) is 6.26 Å². The third kappa shape index (κ3) is 4.16. The minimum atomic E-state index is -3.04. The number of piperidine rings is 1. The van der Waals surface area contributed by atoms with Gasteiger partial charge in [-0.25, -0.2) is 12.7 Å². The van der Waals surface area contributed by atoms with Crippen molar-refractivity contribution in [1.29, 1.82) is 0 Å². The molecule has 6 heteroatoms. The van der Waals surface area contributed by atoms with Crippen LogP contribution in [0.1, 0.15) is 32.6 Å². The summed E-state index contributed by atoms with van der Waals surface area (Å²) in [5.74, 6) is 0.471. The van der Waals surface area contributed by atoms with Crippen molar-refractivity contribution in [3.8, 4) is 0 Å². The Bertz CT molecular complexity index is 405. The Hall–Kier alpha value is -0.170. The van der Waals surface area contributed by atoms with E-state index in [4.69, 9.17) is 4.74 Å². The van der Waals surface area contributed by atoms with Crippen molar-refractivity contribution in [2.24, 2.45) is 11.3 Å². The van der Waals surface area contributed by atoms with E-state index in [-0.39, 0.29) is 5.41 Å². The largest absolute Gasteiger partial charge is 0.381 e. The van der Waals surface area contributed by atoms with E-state index < -0.39 is 10.0 Å². The molecule has 2 unspecified atom stereocenters. The molecule has 2 saturated heterocycles. The fourth-order valence-electron chi connectivity index (χ4n) is 3.52. The van der Waals surface area contributed by atoms with E-state index in [1.54, 1.807) is 4.31 Å². The van der Waals surface area contributed by atoms with Gasteiger partial charge in [-0.2, -0.15) is 0 Å². The molecular formula is C14H28N2O3S. The number of hydrogen-bond acceptors (Lipinski definition) is 4. The molecule has 1 N–H and O–H groups in total. The summed E-state index contributed by atoms with van der Waals surface area (Å²) in [6.07, 6.45) is 5.61. The fourth-order valence-corrected chi connectivity index (χ4v) is 4.46. The highest BCUT2D eigenvalue weighted by Gasteiger charge is 2.38. The number of rotatable bonds is 6. The predicted molar refractivity (Wildman–Crippen MR) is 80.2 cm³/mol.